The Balaban J connectivity index is 1.74. The molecule has 27 heavy (non-hydrogen) atoms. The number of esters is 1. The van der Waals surface area contributed by atoms with Crippen molar-refractivity contribution < 1.29 is 24.2 Å². The molecule has 9 nitrogen and oxygen atoms in total. The lowest BCUT2D eigenvalue weighted by atomic mass is 10.1. The Hall–Kier alpha value is -3.20. The van der Waals surface area contributed by atoms with Crippen LogP contribution in [0.4, 0.5) is 0 Å². The molecular formula is C18H22N4O5. The van der Waals surface area contributed by atoms with Gasteiger partial charge >= 0.3 is 11.9 Å². The maximum atomic E-state index is 12.0. The Morgan fingerprint density at radius 1 is 1.26 bits per heavy atom. The largest absolute Gasteiger partial charge is 0.480 e. The summed E-state index contributed by atoms with van der Waals surface area (Å²) in [5.41, 5.74) is 7.17. The van der Waals surface area contributed by atoms with E-state index in [1.807, 2.05) is 30.3 Å². The van der Waals surface area contributed by atoms with E-state index in [1.54, 1.807) is 0 Å². The van der Waals surface area contributed by atoms with Crippen molar-refractivity contribution in [2.45, 2.75) is 38.0 Å². The van der Waals surface area contributed by atoms with Crippen molar-refractivity contribution in [3.8, 4) is 0 Å². The first kappa shape index (κ1) is 20.1. The van der Waals surface area contributed by atoms with Gasteiger partial charge in [0.15, 0.2) is 0 Å². The third-order valence-corrected chi connectivity index (χ3v) is 3.82. The fraction of sp³-hybridized carbons (Fsp3) is 0.333. The van der Waals surface area contributed by atoms with Crippen molar-refractivity contribution in [1.29, 1.82) is 0 Å². The number of rotatable bonds is 10. The minimum Gasteiger partial charge on any atom is -0.480 e. The van der Waals surface area contributed by atoms with Crippen molar-refractivity contribution in [3.05, 3.63) is 54.1 Å². The van der Waals surface area contributed by atoms with Gasteiger partial charge in [0.05, 0.1) is 6.33 Å². The van der Waals surface area contributed by atoms with Gasteiger partial charge in [0.25, 0.3) is 0 Å². The SMILES string of the molecule is NC(CCC(=O)N[C@@H](Cc1cnc[nH]1)C(=O)O)C(=O)OCc1ccccc1. The molecule has 1 aromatic heterocycles. The Bertz CT molecular complexity index is 748. The monoisotopic (exact) mass is 374 g/mol. The van der Waals surface area contributed by atoms with E-state index in [0.717, 1.165) is 5.56 Å². The molecule has 0 saturated carbocycles. The molecule has 0 spiro atoms. The molecule has 1 aromatic carbocycles. The fourth-order valence-corrected chi connectivity index (χ4v) is 2.32. The van der Waals surface area contributed by atoms with E-state index in [9.17, 15) is 19.5 Å². The number of aliphatic carboxylic acids is 1. The minimum absolute atomic E-state index is 0.0514. The number of aromatic amines is 1. The van der Waals surface area contributed by atoms with Crippen LogP contribution in [0.15, 0.2) is 42.9 Å². The maximum Gasteiger partial charge on any atom is 0.326 e. The average molecular weight is 374 g/mol. The Morgan fingerprint density at radius 2 is 2.00 bits per heavy atom. The summed E-state index contributed by atoms with van der Waals surface area (Å²) >= 11 is 0. The molecule has 0 fully saturated rings. The van der Waals surface area contributed by atoms with Gasteiger partial charge in [-0.05, 0) is 12.0 Å². The van der Waals surface area contributed by atoms with Gasteiger partial charge in [-0.3, -0.25) is 9.59 Å². The molecule has 0 bridgehead atoms. The smallest absolute Gasteiger partial charge is 0.326 e. The number of nitrogens with zero attached hydrogens (tertiary/aromatic N) is 1. The zero-order valence-corrected chi connectivity index (χ0v) is 14.6. The maximum absolute atomic E-state index is 12.0. The number of hydrogen-bond donors (Lipinski definition) is 4. The average Bonchev–Trinajstić information content (AvgIpc) is 3.17. The predicted octanol–water partition coefficient (Wildman–Crippen LogP) is 0.373. The molecule has 144 valence electrons. The number of aromatic nitrogens is 2. The van der Waals surface area contributed by atoms with Crippen LogP contribution in [-0.4, -0.2) is 45.0 Å². The number of nitrogens with two attached hydrogens (primary N) is 1. The third-order valence-electron chi connectivity index (χ3n) is 3.82. The van der Waals surface area contributed by atoms with Crippen molar-refractivity contribution in [2.24, 2.45) is 5.73 Å². The van der Waals surface area contributed by atoms with Crippen LogP contribution in [-0.2, 0) is 32.1 Å². The summed E-state index contributed by atoms with van der Waals surface area (Å²) in [6, 6.07) is 7.09. The molecule has 2 rings (SSSR count). The quantitative estimate of drug-likeness (QED) is 0.439. The summed E-state index contributed by atoms with van der Waals surface area (Å²) in [6.45, 7) is 0.102. The van der Waals surface area contributed by atoms with E-state index in [2.05, 4.69) is 15.3 Å². The van der Waals surface area contributed by atoms with Crippen LogP contribution in [0, 0.1) is 0 Å². The van der Waals surface area contributed by atoms with E-state index in [-0.39, 0.29) is 25.9 Å². The van der Waals surface area contributed by atoms with Gasteiger partial charge in [0.1, 0.15) is 18.7 Å². The second kappa shape index (κ2) is 10.1. The van der Waals surface area contributed by atoms with Gasteiger partial charge in [-0.15, -0.1) is 0 Å². The van der Waals surface area contributed by atoms with E-state index in [0.29, 0.717) is 5.69 Å². The molecule has 9 heteroatoms. The summed E-state index contributed by atoms with van der Waals surface area (Å²) in [5.74, 6) is -2.28. The Labute approximate surface area is 155 Å². The topological polar surface area (TPSA) is 147 Å². The molecule has 0 radical (unpaired) electrons. The summed E-state index contributed by atoms with van der Waals surface area (Å²) in [4.78, 5) is 41.7. The van der Waals surface area contributed by atoms with Crippen LogP contribution in [0.2, 0.25) is 0 Å². The second-order valence-electron chi connectivity index (χ2n) is 5.98. The molecular weight excluding hydrogens is 352 g/mol. The van der Waals surface area contributed by atoms with Crippen LogP contribution < -0.4 is 11.1 Å². The van der Waals surface area contributed by atoms with Gasteiger partial charge < -0.3 is 25.9 Å². The lowest BCUT2D eigenvalue weighted by molar-refractivity contribution is -0.147. The molecule has 0 saturated heterocycles. The zero-order chi connectivity index (χ0) is 19.6. The highest BCUT2D eigenvalue weighted by molar-refractivity contribution is 5.84. The number of carboxylic acids is 1. The number of hydrogen-bond acceptors (Lipinski definition) is 6. The molecule has 1 heterocycles. The molecule has 0 aliphatic rings. The summed E-state index contributed by atoms with van der Waals surface area (Å²) in [7, 11) is 0. The van der Waals surface area contributed by atoms with E-state index in [4.69, 9.17) is 10.5 Å². The molecule has 0 aliphatic carbocycles. The number of benzene rings is 1. The summed E-state index contributed by atoms with van der Waals surface area (Å²) in [6.07, 6.45) is 2.95. The van der Waals surface area contributed by atoms with Gasteiger partial charge in [0.2, 0.25) is 5.91 Å². The van der Waals surface area contributed by atoms with E-state index in [1.165, 1.54) is 12.5 Å². The number of carbonyl (C=O) groups is 3. The fourth-order valence-electron chi connectivity index (χ4n) is 2.32. The molecule has 5 N–H and O–H groups in total. The number of ether oxygens (including phenoxy) is 1. The van der Waals surface area contributed by atoms with E-state index < -0.39 is 29.9 Å². The number of amides is 1. The third kappa shape index (κ3) is 6.90. The highest BCUT2D eigenvalue weighted by Gasteiger charge is 2.22. The highest BCUT2D eigenvalue weighted by Crippen LogP contribution is 2.05. The lowest BCUT2D eigenvalue weighted by Gasteiger charge is -2.15. The number of carboxylic acid groups (broad SMARTS) is 1. The molecule has 2 atom stereocenters. The van der Waals surface area contributed by atoms with Crippen molar-refractivity contribution in [1.82, 2.24) is 15.3 Å². The molecule has 2 aromatic rings. The van der Waals surface area contributed by atoms with Gasteiger partial charge in [-0.2, -0.15) is 0 Å². The standard InChI is InChI=1S/C18H22N4O5/c19-14(18(26)27-10-12-4-2-1-3-5-12)6-7-16(23)22-15(17(24)25)8-13-9-20-11-21-13/h1-5,9,11,14-15H,6-8,10,19H2,(H,20,21)(H,22,23)(H,24,25)/t14?,15-/m0/s1. The number of H-pyrrole nitrogens is 1. The van der Waals surface area contributed by atoms with Crippen LogP contribution in [0.25, 0.3) is 0 Å². The van der Waals surface area contributed by atoms with Crippen molar-refractivity contribution >= 4 is 17.8 Å². The normalized spacial score (nSPS) is 12.8. The van der Waals surface area contributed by atoms with Gasteiger partial charge in [-0.1, -0.05) is 30.3 Å². The minimum atomic E-state index is -1.16. The number of nitrogens with one attached hydrogen (secondary N) is 2. The first-order chi connectivity index (χ1) is 13.0. The Morgan fingerprint density at radius 3 is 2.63 bits per heavy atom. The van der Waals surface area contributed by atoms with Crippen LogP contribution in [0.5, 0.6) is 0 Å². The highest BCUT2D eigenvalue weighted by atomic mass is 16.5. The van der Waals surface area contributed by atoms with Crippen LogP contribution in [0.3, 0.4) is 0 Å². The number of carbonyl (C=O) groups excluding carboxylic acids is 2. The molecule has 1 unspecified atom stereocenters. The zero-order valence-electron chi connectivity index (χ0n) is 14.6. The van der Waals surface area contributed by atoms with Gasteiger partial charge in [-0.25, -0.2) is 9.78 Å². The van der Waals surface area contributed by atoms with Crippen LogP contribution in [0.1, 0.15) is 24.1 Å². The van der Waals surface area contributed by atoms with Crippen molar-refractivity contribution in [3.63, 3.8) is 0 Å². The van der Waals surface area contributed by atoms with E-state index >= 15 is 0 Å². The number of imidazole rings is 1. The molecule has 1 amide bonds. The second-order valence-corrected chi connectivity index (χ2v) is 5.98. The predicted molar refractivity (Wildman–Crippen MR) is 95.3 cm³/mol. The first-order valence-electron chi connectivity index (χ1n) is 8.41. The van der Waals surface area contributed by atoms with Gasteiger partial charge in [0, 0.05) is 24.7 Å². The summed E-state index contributed by atoms with van der Waals surface area (Å²) < 4.78 is 5.11. The van der Waals surface area contributed by atoms with Crippen LogP contribution >= 0.6 is 0 Å². The van der Waals surface area contributed by atoms with Crippen molar-refractivity contribution in [2.75, 3.05) is 0 Å². The summed E-state index contributed by atoms with van der Waals surface area (Å²) in [5, 5.41) is 11.6. The lowest BCUT2D eigenvalue weighted by Crippen LogP contribution is -2.43. The first-order valence-corrected chi connectivity index (χ1v) is 8.41. The molecule has 0 aliphatic heterocycles. The Kier molecular flexibility index (Phi) is 7.50.